The summed E-state index contributed by atoms with van der Waals surface area (Å²) in [5.41, 5.74) is 2.91. The Kier molecular flexibility index (Phi) is 5.37. The highest BCUT2D eigenvalue weighted by atomic mass is 19.1. The zero-order valence-corrected chi connectivity index (χ0v) is 18.2. The number of rotatable bonds is 5. The molecule has 0 bridgehead atoms. The number of aryl methyl sites for hydroxylation is 1. The molecule has 1 unspecified atom stereocenters. The number of halogens is 1. The molecular weight excluding hydrogens is 425 g/mol. The standard InChI is InChI=1S/C24H22FN5O3/c1-15(32-18-9-4-3-5-10-18)24(31)30-12-11-20-19(14-30)21(27-29(20)2)23-26-22(28-33-23)16-7-6-8-17(25)13-16/h3-10,13,15H,11-12,14H2,1-2H3. The van der Waals surface area contributed by atoms with Crippen molar-refractivity contribution in [2.75, 3.05) is 6.54 Å². The van der Waals surface area contributed by atoms with Crippen LogP contribution in [-0.2, 0) is 24.8 Å². The van der Waals surface area contributed by atoms with Crippen molar-refractivity contribution < 1.29 is 18.4 Å². The summed E-state index contributed by atoms with van der Waals surface area (Å²) in [6.07, 6.45) is 0.0186. The number of benzene rings is 2. The van der Waals surface area contributed by atoms with Crippen LogP contribution in [-0.4, -0.2) is 43.4 Å². The van der Waals surface area contributed by atoms with Crippen molar-refractivity contribution in [2.45, 2.75) is 26.0 Å². The zero-order valence-electron chi connectivity index (χ0n) is 18.2. The first-order chi connectivity index (χ1) is 16.0. The SMILES string of the molecule is CC(Oc1ccccc1)C(=O)N1CCc2c(c(-c3nc(-c4cccc(F)c4)no3)nn2C)C1. The highest BCUT2D eigenvalue weighted by molar-refractivity contribution is 5.81. The minimum Gasteiger partial charge on any atom is -0.481 e. The Labute approximate surface area is 189 Å². The molecule has 1 atom stereocenters. The van der Waals surface area contributed by atoms with E-state index in [9.17, 15) is 9.18 Å². The number of carbonyl (C=O) groups is 1. The first-order valence-corrected chi connectivity index (χ1v) is 10.6. The first kappa shape index (κ1) is 20.9. The number of hydrogen-bond acceptors (Lipinski definition) is 6. The van der Waals surface area contributed by atoms with Gasteiger partial charge >= 0.3 is 0 Å². The van der Waals surface area contributed by atoms with E-state index in [4.69, 9.17) is 9.26 Å². The lowest BCUT2D eigenvalue weighted by molar-refractivity contribution is -0.138. The highest BCUT2D eigenvalue weighted by Crippen LogP contribution is 2.30. The van der Waals surface area contributed by atoms with Gasteiger partial charge in [-0.1, -0.05) is 35.5 Å². The summed E-state index contributed by atoms with van der Waals surface area (Å²) >= 11 is 0. The second-order valence-corrected chi connectivity index (χ2v) is 7.91. The molecular formula is C24H22FN5O3. The molecule has 5 rings (SSSR count). The smallest absolute Gasteiger partial charge is 0.279 e. The Bertz CT molecular complexity index is 1300. The van der Waals surface area contributed by atoms with E-state index in [-0.39, 0.29) is 23.4 Å². The van der Waals surface area contributed by atoms with E-state index in [1.807, 2.05) is 37.4 Å². The number of fused-ring (bicyclic) bond motifs is 1. The number of aromatic nitrogens is 4. The molecule has 168 valence electrons. The molecule has 0 N–H and O–H groups in total. The molecule has 0 aliphatic carbocycles. The zero-order chi connectivity index (χ0) is 22.9. The summed E-state index contributed by atoms with van der Waals surface area (Å²) in [5.74, 6) is 0.667. The number of para-hydroxylation sites is 1. The Morgan fingerprint density at radius 3 is 2.79 bits per heavy atom. The quantitative estimate of drug-likeness (QED) is 0.464. The Balaban J connectivity index is 1.38. The van der Waals surface area contributed by atoms with Crippen molar-refractivity contribution in [2.24, 2.45) is 7.05 Å². The highest BCUT2D eigenvalue weighted by Gasteiger charge is 2.31. The van der Waals surface area contributed by atoms with Crippen LogP contribution in [0.3, 0.4) is 0 Å². The van der Waals surface area contributed by atoms with Crippen molar-refractivity contribution in [1.82, 2.24) is 24.8 Å². The monoisotopic (exact) mass is 447 g/mol. The van der Waals surface area contributed by atoms with Gasteiger partial charge in [-0.05, 0) is 31.2 Å². The molecule has 0 saturated heterocycles. The molecule has 2 aromatic heterocycles. The number of ether oxygens (including phenoxy) is 1. The number of carbonyl (C=O) groups excluding carboxylic acids is 1. The molecule has 1 amide bonds. The van der Waals surface area contributed by atoms with Crippen LogP contribution < -0.4 is 4.74 Å². The van der Waals surface area contributed by atoms with Crippen LogP contribution in [0, 0.1) is 5.82 Å². The van der Waals surface area contributed by atoms with Crippen LogP contribution in [0.4, 0.5) is 4.39 Å². The molecule has 2 aromatic carbocycles. The van der Waals surface area contributed by atoms with Crippen LogP contribution in [0.15, 0.2) is 59.1 Å². The van der Waals surface area contributed by atoms with Gasteiger partial charge in [-0.15, -0.1) is 0 Å². The fraction of sp³-hybridized carbons (Fsp3) is 0.250. The van der Waals surface area contributed by atoms with E-state index < -0.39 is 6.10 Å². The fourth-order valence-corrected chi connectivity index (χ4v) is 4.03. The lowest BCUT2D eigenvalue weighted by Gasteiger charge is -2.29. The topological polar surface area (TPSA) is 86.3 Å². The van der Waals surface area contributed by atoms with E-state index in [2.05, 4.69) is 15.2 Å². The number of amides is 1. The molecule has 1 aliphatic heterocycles. The van der Waals surface area contributed by atoms with Crippen LogP contribution in [0.25, 0.3) is 23.0 Å². The van der Waals surface area contributed by atoms with Crippen molar-refractivity contribution in [3.63, 3.8) is 0 Å². The fourth-order valence-electron chi connectivity index (χ4n) is 4.03. The molecule has 9 heteroatoms. The van der Waals surface area contributed by atoms with Gasteiger partial charge in [0.25, 0.3) is 11.8 Å². The minimum absolute atomic E-state index is 0.106. The first-order valence-electron chi connectivity index (χ1n) is 10.6. The molecule has 0 saturated carbocycles. The van der Waals surface area contributed by atoms with Gasteiger partial charge in [-0.25, -0.2) is 4.39 Å². The summed E-state index contributed by atoms with van der Waals surface area (Å²) in [4.78, 5) is 19.3. The third-order valence-corrected chi connectivity index (χ3v) is 5.67. The molecule has 33 heavy (non-hydrogen) atoms. The van der Waals surface area contributed by atoms with Gasteiger partial charge in [-0.3, -0.25) is 9.48 Å². The minimum atomic E-state index is -0.628. The molecule has 1 aliphatic rings. The van der Waals surface area contributed by atoms with Crippen LogP contribution >= 0.6 is 0 Å². The van der Waals surface area contributed by atoms with Gasteiger partial charge in [0.2, 0.25) is 5.82 Å². The second-order valence-electron chi connectivity index (χ2n) is 7.91. The van der Waals surface area contributed by atoms with E-state index in [1.54, 1.807) is 28.6 Å². The summed E-state index contributed by atoms with van der Waals surface area (Å²) in [6, 6.07) is 15.3. The maximum atomic E-state index is 13.6. The van der Waals surface area contributed by atoms with Crippen LogP contribution in [0.1, 0.15) is 18.2 Å². The summed E-state index contributed by atoms with van der Waals surface area (Å²) in [5, 5.41) is 8.56. The third kappa shape index (κ3) is 4.09. The van der Waals surface area contributed by atoms with Gasteiger partial charge in [0, 0.05) is 43.4 Å². The predicted molar refractivity (Wildman–Crippen MR) is 118 cm³/mol. The number of nitrogens with zero attached hydrogens (tertiary/aromatic N) is 5. The Hall–Kier alpha value is -4.01. The molecule has 0 spiro atoms. The van der Waals surface area contributed by atoms with Gasteiger partial charge in [0.05, 0.1) is 0 Å². The molecule has 4 aromatic rings. The van der Waals surface area contributed by atoms with E-state index in [0.717, 1.165) is 11.3 Å². The summed E-state index contributed by atoms with van der Waals surface area (Å²) in [6.45, 7) is 2.67. The molecule has 0 fully saturated rings. The van der Waals surface area contributed by atoms with E-state index in [0.29, 0.717) is 36.5 Å². The van der Waals surface area contributed by atoms with Gasteiger partial charge in [0.1, 0.15) is 11.6 Å². The van der Waals surface area contributed by atoms with Crippen LogP contribution in [0.5, 0.6) is 5.75 Å². The maximum Gasteiger partial charge on any atom is 0.279 e. The Morgan fingerprint density at radius 1 is 1.18 bits per heavy atom. The molecule has 3 heterocycles. The summed E-state index contributed by atoms with van der Waals surface area (Å²) in [7, 11) is 1.85. The maximum absolute atomic E-state index is 13.6. The van der Waals surface area contributed by atoms with E-state index >= 15 is 0 Å². The third-order valence-electron chi connectivity index (χ3n) is 5.67. The molecule has 0 radical (unpaired) electrons. The lowest BCUT2D eigenvalue weighted by atomic mass is 10.0. The van der Waals surface area contributed by atoms with E-state index in [1.165, 1.54) is 12.1 Å². The van der Waals surface area contributed by atoms with Gasteiger partial charge < -0.3 is 14.2 Å². The summed E-state index contributed by atoms with van der Waals surface area (Å²) < 4.78 is 26.6. The predicted octanol–water partition coefficient (Wildman–Crippen LogP) is 3.63. The average Bonchev–Trinajstić information content (AvgIpc) is 3.44. The van der Waals surface area contributed by atoms with Crippen molar-refractivity contribution in [3.05, 3.63) is 71.7 Å². The van der Waals surface area contributed by atoms with Crippen molar-refractivity contribution in [3.8, 4) is 28.7 Å². The number of hydrogen-bond donors (Lipinski definition) is 0. The second kappa shape index (κ2) is 8.50. The molecule has 8 nitrogen and oxygen atoms in total. The lowest BCUT2D eigenvalue weighted by Crippen LogP contribution is -2.43. The van der Waals surface area contributed by atoms with Crippen molar-refractivity contribution >= 4 is 5.91 Å². The average molecular weight is 447 g/mol. The largest absolute Gasteiger partial charge is 0.481 e. The van der Waals surface area contributed by atoms with Gasteiger partial charge in [0.15, 0.2) is 11.8 Å². The normalized spacial score (nSPS) is 14.1. The van der Waals surface area contributed by atoms with Crippen molar-refractivity contribution in [1.29, 1.82) is 0 Å². The Morgan fingerprint density at radius 2 is 2.00 bits per heavy atom. The van der Waals surface area contributed by atoms with Gasteiger partial charge in [-0.2, -0.15) is 10.1 Å². The van der Waals surface area contributed by atoms with Crippen LogP contribution in [0.2, 0.25) is 0 Å².